The molecule has 1 aromatic rings. The third-order valence-corrected chi connectivity index (χ3v) is 5.02. The molecule has 0 aliphatic carbocycles. The maximum Gasteiger partial charge on any atom is 0.236 e. The number of hydrogen-bond acceptors (Lipinski definition) is 6. The van der Waals surface area contributed by atoms with E-state index in [0.717, 1.165) is 45.0 Å². The number of carbonyl (C=O) groups excluding carboxylic acids is 1. The van der Waals surface area contributed by atoms with Crippen LogP contribution in [0.1, 0.15) is 19.8 Å². The van der Waals surface area contributed by atoms with Crippen molar-refractivity contribution in [3.8, 4) is 0 Å². The van der Waals surface area contributed by atoms with E-state index in [0.29, 0.717) is 19.1 Å². The fourth-order valence-corrected chi connectivity index (χ4v) is 3.64. The van der Waals surface area contributed by atoms with Crippen LogP contribution in [-0.2, 0) is 9.53 Å². The van der Waals surface area contributed by atoms with Crippen LogP contribution in [0.2, 0.25) is 0 Å². The first-order valence-electron chi connectivity index (χ1n) is 9.22. The van der Waals surface area contributed by atoms with Gasteiger partial charge in [0.25, 0.3) is 0 Å². The van der Waals surface area contributed by atoms with Gasteiger partial charge >= 0.3 is 0 Å². The molecule has 0 saturated carbocycles. The molecule has 2 aliphatic heterocycles. The van der Waals surface area contributed by atoms with E-state index >= 15 is 0 Å². The summed E-state index contributed by atoms with van der Waals surface area (Å²) >= 11 is 0. The molecule has 25 heavy (non-hydrogen) atoms. The van der Waals surface area contributed by atoms with Crippen LogP contribution in [0.15, 0.2) is 18.3 Å². The molecule has 7 heteroatoms. The predicted molar refractivity (Wildman–Crippen MR) is 96.5 cm³/mol. The number of piperidine rings is 1. The molecule has 2 saturated heterocycles. The van der Waals surface area contributed by atoms with Crippen molar-refractivity contribution in [2.24, 2.45) is 5.92 Å². The summed E-state index contributed by atoms with van der Waals surface area (Å²) in [7, 11) is 1.99. The highest BCUT2D eigenvalue weighted by molar-refractivity contribution is 5.78. The summed E-state index contributed by atoms with van der Waals surface area (Å²) in [6, 6.07) is 3.82. The Morgan fingerprint density at radius 3 is 3.04 bits per heavy atom. The van der Waals surface area contributed by atoms with Gasteiger partial charge in [-0.15, -0.1) is 5.10 Å². The highest BCUT2D eigenvalue weighted by Gasteiger charge is 2.27. The lowest BCUT2D eigenvalue weighted by Crippen LogP contribution is -2.51. The van der Waals surface area contributed by atoms with E-state index in [1.165, 1.54) is 6.42 Å². The molecule has 1 aromatic heterocycles. The lowest BCUT2D eigenvalue weighted by atomic mass is 10.0. The molecular formula is C18H29N5O2. The lowest BCUT2D eigenvalue weighted by molar-refractivity contribution is -0.136. The number of morpholine rings is 1. The number of ether oxygens (including phenoxy) is 1. The Bertz CT molecular complexity index is 556. The van der Waals surface area contributed by atoms with Crippen LogP contribution in [0.5, 0.6) is 0 Å². The maximum absolute atomic E-state index is 12.6. The first-order chi connectivity index (χ1) is 12.1. The number of likely N-dealkylation sites (tertiary alicyclic amines) is 1. The predicted octanol–water partition coefficient (Wildman–Crippen LogP) is 0.872. The summed E-state index contributed by atoms with van der Waals surface area (Å²) < 4.78 is 5.89. The molecule has 0 N–H and O–H groups in total. The number of hydrogen-bond donors (Lipinski definition) is 0. The number of nitrogens with zero attached hydrogens (tertiary/aromatic N) is 5. The van der Waals surface area contributed by atoms with Crippen LogP contribution >= 0.6 is 0 Å². The Balaban J connectivity index is 1.48. The van der Waals surface area contributed by atoms with Crippen molar-refractivity contribution >= 4 is 11.7 Å². The molecule has 3 rings (SSSR count). The summed E-state index contributed by atoms with van der Waals surface area (Å²) in [4.78, 5) is 18.9. The van der Waals surface area contributed by atoms with Gasteiger partial charge in [0.1, 0.15) is 0 Å². The number of carbonyl (C=O) groups is 1. The Morgan fingerprint density at radius 2 is 2.28 bits per heavy atom. The van der Waals surface area contributed by atoms with Gasteiger partial charge < -0.3 is 14.5 Å². The topological polar surface area (TPSA) is 61.8 Å². The van der Waals surface area contributed by atoms with Gasteiger partial charge in [-0.1, -0.05) is 6.92 Å². The second-order valence-corrected chi connectivity index (χ2v) is 7.28. The zero-order chi connectivity index (χ0) is 17.6. The molecule has 2 fully saturated rings. The highest BCUT2D eigenvalue weighted by atomic mass is 16.5. The van der Waals surface area contributed by atoms with Gasteiger partial charge in [0.05, 0.1) is 19.3 Å². The first-order valence-corrected chi connectivity index (χ1v) is 9.22. The SMILES string of the molecule is C[C@@H]1CCCN(C(=O)CN2CCO[C@H](CN(C)c3cccnn3)C2)C1. The average molecular weight is 347 g/mol. The molecule has 0 aromatic carbocycles. The largest absolute Gasteiger partial charge is 0.374 e. The van der Waals surface area contributed by atoms with E-state index in [-0.39, 0.29) is 12.0 Å². The van der Waals surface area contributed by atoms with Gasteiger partial charge in [-0.2, -0.15) is 5.10 Å². The minimum absolute atomic E-state index is 0.0776. The quantitative estimate of drug-likeness (QED) is 0.788. The molecule has 0 bridgehead atoms. The number of aromatic nitrogens is 2. The maximum atomic E-state index is 12.6. The summed E-state index contributed by atoms with van der Waals surface area (Å²) in [6.45, 7) is 7.55. The van der Waals surface area contributed by atoms with Crippen molar-refractivity contribution in [1.82, 2.24) is 20.0 Å². The second-order valence-electron chi connectivity index (χ2n) is 7.28. The van der Waals surface area contributed by atoms with Crippen LogP contribution < -0.4 is 4.90 Å². The second kappa shape index (κ2) is 8.58. The van der Waals surface area contributed by atoms with Crippen molar-refractivity contribution in [2.45, 2.75) is 25.9 Å². The summed E-state index contributed by atoms with van der Waals surface area (Å²) in [6.07, 6.45) is 4.11. The molecule has 138 valence electrons. The van der Waals surface area contributed by atoms with E-state index in [9.17, 15) is 4.79 Å². The monoisotopic (exact) mass is 347 g/mol. The van der Waals surface area contributed by atoms with Crippen molar-refractivity contribution in [3.63, 3.8) is 0 Å². The molecule has 0 spiro atoms. The molecule has 7 nitrogen and oxygen atoms in total. The van der Waals surface area contributed by atoms with Crippen molar-refractivity contribution in [2.75, 3.05) is 57.8 Å². The summed E-state index contributed by atoms with van der Waals surface area (Å²) in [5.41, 5.74) is 0. The Labute approximate surface area is 149 Å². The summed E-state index contributed by atoms with van der Waals surface area (Å²) in [5.74, 6) is 1.71. The minimum atomic E-state index is 0.0776. The van der Waals surface area contributed by atoms with E-state index in [4.69, 9.17) is 4.74 Å². The fourth-order valence-electron chi connectivity index (χ4n) is 3.64. The number of rotatable bonds is 5. The van der Waals surface area contributed by atoms with Crippen molar-refractivity contribution in [1.29, 1.82) is 0 Å². The number of amides is 1. The van der Waals surface area contributed by atoms with E-state index in [1.54, 1.807) is 6.20 Å². The zero-order valence-corrected chi connectivity index (χ0v) is 15.3. The standard InChI is InChI=1S/C18H29N5O2/c1-15-5-4-8-23(11-15)18(24)14-22-9-10-25-16(13-22)12-21(2)17-6-3-7-19-20-17/h3,6-7,15-16H,4-5,8-14H2,1-2H3/t15-,16-/m1/s1. The number of anilines is 1. The van der Waals surface area contributed by atoms with Gasteiger partial charge in [-0.25, -0.2) is 0 Å². The first kappa shape index (κ1) is 18.1. The normalized spacial score (nSPS) is 25.0. The van der Waals surface area contributed by atoms with Gasteiger partial charge in [0.2, 0.25) is 5.91 Å². The summed E-state index contributed by atoms with van der Waals surface area (Å²) in [5, 5.41) is 8.04. The highest BCUT2D eigenvalue weighted by Crippen LogP contribution is 2.16. The average Bonchev–Trinajstić information content (AvgIpc) is 2.63. The van der Waals surface area contributed by atoms with E-state index < -0.39 is 0 Å². The third-order valence-electron chi connectivity index (χ3n) is 5.02. The molecule has 1 amide bonds. The number of likely N-dealkylation sites (N-methyl/N-ethyl adjacent to an activating group) is 1. The van der Waals surface area contributed by atoms with Gasteiger partial charge in [0.15, 0.2) is 5.82 Å². The molecular weight excluding hydrogens is 318 g/mol. The van der Waals surface area contributed by atoms with Crippen LogP contribution in [0, 0.1) is 5.92 Å². The third kappa shape index (κ3) is 5.12. The molecule has 0 radical (unpaired) electrons. The van der Waals surface area contributed by atoms with Crippen LogP contribution in [-0.4, -0.2) is 84.9 Å². The molecule has 0 unspecified atom stereocenters. The van der Waals surface area contributed by atoms with Gasteiger partial charge in [-0.05, 0) is 30.9 Å². The van der Waals surface area contributed by atoms with Crippen molar-refractivity contribution < 1.29 is 9.53 Å². The zero-order valence-electron chi connectivity index (χ0n) is 15.3. The molecule has 2 atom stereocenters. The lowest BCUT2D eigenvalue weighted by Gasteiger charge is -2.37. The Kier molecular flexibility index (Phi) is 6.20. The molecule has 2 aliphatic rings. The van der Waals surface area contributed by atoms with E-state index in [1.807, 2.05) is 24.1 Å². The van der Waals surface area contributed by atoms with Crippen LogP contribution in [0.3, 0.4) is 0 Å². The van der Waals surface area contributed by atoms with Crippen LogP contribution in [0.25, 0.3) is 0 Å². The smallest absolute Gasteiger partial charge is 0.236 e. The van der Waals surface area contributed by atoms with Crippen molar-refractivity contribution in [3.05, 3.63) is 18.3 Å². The Hall–Kier alpha value is -1.73. The van der Waals surface area contributed by atoms with Gasteiger partial charge in [0, 0.05) is 46.0 Å². The minimum Gasteiger partial charge on any atom is -0.374 e. The fraction of sp³-hybridized carbons (Fsp3) is 0.722. The molecule has 3 heterocycles. The van der Waals surface area contributed by atoms with Gasteiger partial charge in [-0.3, -0.25) is 9.69 Å². The van der Waals surface area contributed by atoms with E-state index in [2.05, 4.69) is 26.9 Å². The van der Waals surface area contributed by atoms with Crippen LogP contribution in [0.4, 0.5) is 5.82 Å². The Morgan fingerprint density at radius 1 is 1.40 bits per heavy atom.